The minimum atomic E-state index is -0.426. The first-order chi connectivity index (χ1) is 14.6. The van der Waals surface area contributed by atoms with Crippen LogP contribution in [0.5, 0.6) is 0 Å². The van der Waals surface area contributed by atoms with Gasteiger partial charge in [0.05, 0.1) is 4.92 Å². The number of nitro benzene ring substituents is 1. The highest BCUT2D eigenvalue weighted by Gasteiger charge is 2.17. The van der Waals surface area contributed by atoms with Gasteiger partial charge in [0, 0.05) is 38.6 Å². The van der Waals surface area contributed by atoms with Crippen molar-refractivity contribution in [3.63, 3.8) is 0 Å². The van der Waals surface area contributed by atoms with Gasteiger partial charge in [-0.2, -0.15) is 4.52 Å². The Hall–Kier alpha value is -3.85. The molecule has 0 aliphatic heterocycles. The molecule has 8 nitrogen and oxygen atoms in total. The lowest BCUT2D eigenvalue weighted by molar-refractivity contribution is -0.384. The van der Waals surface area contributed by atoms with Gasteiger partial charge in [0.25, 0.3) is 5.69 Å². The fourth-order valence-electron chi connectivity index (χ4n) is 3.32. The van der Waals surface area contributed by atoms with Crippen molar-refractivity contribution in [3.8, 4) is 11.4 Å². The lowest BCUT2D eigenvalue weighted by Crippen LogP contribution is -2.03. The summed E-state index contributed by atoms with van der Waals surface area (Å²) in [6.45, 7) is 0. The number of nitrogens with zero attached hydrogens (tertiary/aromatic N) is 5. The second-order valence-electron chi connectivity index (χ2n) is 6.57. The van der Waals surface area contributed by atoms with E-state index in [4.69, 9.17) is 5.10 Å². The van der Waals surface area contributed by atoms with E-state index < -0.39 is 4.92 Å². The first-order valence-electron chi connectivity index (χ1n) is 9.02. The van der Waals surface area contributed by atoms with Crippen molar-refractivity contribution in [1.29, 1.82) is 0 Å². The van der Waals surface area contributed by atoms with E-state index in [2.05, 4.69) is 31.4 Å². The van der Waals surface area contributed by atoms with Gasteiger partial charge in [-0.05, 0) is 18.2 Å². The Morgan fingerprint density at radius 1 is 0.933 bits per heavy atom. The number of halogens is 1. The van der Waals surface area contributed by atoms with Crippen LogP contribution in [-0.2, 0) is 0 Å². The molecule has 0 aliphatic rings. The predicted octanol–water partition coefficient (Wildman–Crippen LogP) is 5.36. The first kappa shape index (κ1) is 18.2. The number of hydrogen-bond donors (Lipinski definition) is 1. The van der Waals surface area contributed by atoms with Crippen LogP contribution in [0.15, 0.2) is 77.3 Å². The highest BCUT2D eigenvalue weighted by Crippen LogP contribution is 2.32. The summed E-state index contributed by atoms with van der Waals surface area (Å²) in [5, 5.41) is 29.5. The third-order valence-electron chi connectivity index (χ3n) is 4.70. The van der Waals surface area contributed by atoms with Crippen molar-refractivity contribution < 1.29 is 4.92 Å². The van der Waals surface area contributed by atoms with E-state index in [1.54, 1.807) is 16.6 Å². The summed E-state index contributed by atoms with van der Waals surface area (Å²) in [6.07, 6.45) is 0. The van der Waals surface area contributed by atoms with Crippen LogP contribution in [0.2, 0.25) is 0 Å². The molecule has 2 aromatic heterocycles. The number of rotatable bonds is 4. The molecule has 3 aromatic carbocycles. The van der Waals surface area contributed by atoms with Gasteiger partial charge in [-0.3, -0.25) is 10.1 Å². The lowest BCUT2D eigenvalue weighted by atomic mass is 10.1. The fraction of sp³-hybridized carbons (Fsp3) is 0. The number of hydrogen-bond acceptors (Lipinski definition) is 6. The van der Waals surface area contributed by atoms with E-state index in [9.17, 15) is 10.1 Å². The maximum absolute atomic E-state index is 11.1. The predicted molar refractivity (Wildman–Crippen MR) is 118 cm³/mol. The summed E-state index contributed by atoms with van der Waals surface area (Å²) >= 11 is 3.56. The van der Waals surface area contributed by atoms with Crippen LogP contribution in [0.25, 0.3) is 27.8 Å². The van der Waals surface area contributed by atoms with Crippen LogP contribution in [0.1, 0.15) is 0 Å². The smallest absolute Gasteiger partial charge is 0.271 e. The molecule has 0 bridgehead atoms. The largest absolute Gasteiger partial charge is 0.338 e. The Kier molecular flexibility index (Phi) is 4.36. The summed E-state index contributed by atoms with van der Waals surface area (Å²) in [5.74, 6) is 1.14. The number of aromatic nitrogens is 4. The molecule has 0 aliphatic carbocycles. The van der Waals surface area contributed by atoms with E-state index in [1.807, 2.05) is 48.5 Å². The molecule has 30 heavy (non-hydrogen) atoms. The second kappa shape index (κ2) is 7.20. The van der Waals surface area contributed by atoms with Crippen molar-refractivity contribution in [1.82, 2.24) is 19.8 Å². The molecular weight excluding hydrogens is 448 g/mol. The van der Waals surface area contributed by atoms with Crippen molar-refractivity contribution in [2.45, 2.75) is 0 Å². The second-order valence-corrected chi connectivity index (χ2v) is 7.42. The maximum atomic E-state index is 11.1. The molecule has 0 radical (unpaired) electrons. The van der Waals surface area contributed by atoms with Gasteiger partial charge in [-0.1, -0.05) is 58.4 Å². The van der Waals surface area contributed by atoms with E-state index in [1.165, 1.54) is 12.1 Å². The molecule has 0 atom stereocenters. The molecule has 1 N–H and O–H groups in total. The molecule has 0 saturated heterocycles. The maximum Gasteiger partial charge on any atom is 0.271 e. The molecule has 0 spiro atoms. The number of anilines is 2. The topological polar surface area (TPSA) is 98.2 Å². The standard InChI is InChI=1S/C21H13BrN6O2/c22-18-11-4-3-10-17(18)21-25-24-20-16-9-2-1-8-15(16)19(26-27(20)21)23-13-6-5-7-14(12-13)28(29)30/h1-12H,(H,23,26). The average Bonchev–Trinajstić information content (AvgIpc) is 3.18. The van der Waals surface area contributed by atoms with Crippen LogP contribution in [-0.4, -0.2) is 24.7 Å². The highest BCUT2D eigenvalue weighted by atomic mass is 79.9. The van der Waals surface area contributed by atoms with Gasteiger partial charge in [-0.25, -0.2) is 0 Å². The van der Waals surface area contributed by atoms with Crippen LogP contribution < -0.4 is 5.32 Å². The third-order valence-corrected chi connectivity index (χ3v) is 5.39. The Morgan fingerprint density at radius 2 is 1.70 bits per heavy atom. The van der Waals surface area contributed by atoms with Gasteiger partial charge >= 0.3 is 0 Å². The van der Waals surface area contributed by atoms with Crippen molar-refractivity contribution in [2.24, 2.45) is 0 Å². The summed E-state index contributed by atoms with van der Waals surface area (Å²) in [4.78, 5) is 10.7. The minimum Gasteiger partial charge on any atom is -0.338 e. The number of fused-ring (bicyclic) bond motifs is 3. The zero-order chi connectivity index (χ0) is 20.7. The Bertz CT molecular complexity index is 1430. The zero-order valence-electron chi connectivity index (χ0n) is 15.4. The molecular formula is C21H13BrN6O2. The molecule has 2 heterocycles. The molecule has 0 fully saturated rings. The van der Waals surface area contributed by atoms with E-state index in [-0.39, 0.29) is 5.69 Å². The quantitative estimate of drug-likeness (QED) is 0.286. The van der Waals surface area contributed by atoms with Crippen LogP contribution in [0, 0.1) is 10.1 Å². The van der Waals surface area contributed by atoms with Crippen LogP contribution in [0.3, 0.4) is 0 Å². The number of benzene rings is 3. The molecule has 0 amide bonds. The van der Waals surface area contributed by atoms with E-state index in [0.29, 0.717) is 23.0 Å². The van der Waals surface area contributed by atoms with Crippen LogP contribution in [0.4, 0.5) is 17.2 Å². The van der Waals surface area contributed by atoms with Gasteiger partial charge < -0.3 is 5.32 Å². The van der Waals surface area contributed by atoms with Gasteiger partial charge in [-0.15, -0.1) is 15.3 Å². The molecule has 9 heteroatoms. The monoisotopic (exact) mass is 460 g/mol. The third kappa shape index (κ3) is 3.05. The Morgan fingerprint density at radius 3 is 2.50 bits per heavy atom. The summed E-state index contributed by atoms with van der Waals surface area (Å²) in [5.41, 5.74) is 2.05. The van der Waals surface area contributed by atoms with Crippen molar-refractivity contribution >= 4 is 49.5 Å². The SMILES string of the molecule is O=[N+]([O-])c1cccc(Nc2nn3c(-c4ccccc4Br)nnc3c3ccccc23)c1. The Labute approximate surface area is 178 Å². The van der Waals surface area contributed by atoms with E-state index >= 15 is 0 Å². The summed E-state index contributed by atoms with van der Waals surface area (Å²) in [7, 11) is 0. The molecule has 0 saturated carbocycles. The average molecular weight is 461 g/mol. The number of non-ortho nitro benzene ring substituents is 1. The zero-order valence-corrected chi connectivity index (χ0v) is 16.9. The Balaban J connectivity index is 1.73. The molecule has 146 valence electrons. The lowest BCUT2D eigenvalue weighted by Gasteiger charge is -2.11. The van der Waals surface area contributed by atoms with Gasteiger partial charge in [0.1, 0.15) is 0 Å². The van der Waals surface area contributed by atoms with Crippen molar-refractivity contribution in [3.05, 3.63) is 87.4 Å². The van der Waals surface area contributed by atoms with E-state index in [0.717, 1.165) is 20.8 Å². The normalized spacial score (nSPS) is 11.1. The van der Waals surface area contributed by atoms with Crippen LogP contribution >= 0.6 is 15.9 Å². The molecule has 0 unspecified atom stereocenters. The fourth-order valence-corrected chi connectivity index (χ4v) is 3.78. The molecule has 5 rings (SSSR count). The number of nitro groups is 1. The van der Waals surface area contributed by atoms with Gasteiger partial charge in [0.2, 0.25) is 0 Å². The molecule has 5 aromatic rings. The minimum absolute atomic E-state index is 0.00332. The summed E-state index contributed by atoms with van der Waals surface area (Å²) < 4.78 is 2.56. The van der Waals surface area contributed by atoms with Gasteiger partial charge in [0.15, 0.2) is 17.3 Å². The summed E-state index contributed by atoms with van der Waals surface area (Å²) in [6, 6.07) is 21.7. The first-order valence-corrected chi connectivity index (χ1v) is 9.81. The highest BCUT2D eigenvalue weighted by molar-refractivity contribution is 9.10. The number of nitrogens with one attached hydrogen (secondary N) is 1. The van der Waals surface area contributed by atoms with Crippen molar-refractivity contribution in [2.75, 3.05) is 5.32 Å².